The molecule has 94 valence electrons. The lowest BCUT2D eigenvalue weighted by atomic mass is 10.2. The highest BCUT2D eigenvalue weighted by Crippen LogP contribution is 2.20. The number of hydrogen-bond acceptors (Lipinski definition) is 2. The second-order valence-corrected chi connectivity index (χ2v) is 5.14. The van der Waals surface area contributed by atoms with Gasteiger partial charge in [0.25, 0.3) is 0 Å². The monoisotopic (exact) mass is 281 g/mol. The molecular weight excluding hydrogens is 269 g/mol. The number of benzene rings is 2. The zero-order valence-electron chi connectivity index (χ0n) is 9.91. The van der Waals surface area contributed by atoms with Gasteiger partial charge in [-0.05, 0) is 36.6 Å². The number of hydrogen-bond donors (Lipinski definition) is 1. The van der Waals surface area contributed by atoms with Crippen molar-refractivity contribution < 1.29 is 4.39 Å². The van der Waals surface area contributed by atoms with Crippen molar-refractivity contribution in [2.45, 2.75) is 11.4 Å². The Kier molecular flexibility index (Phi) is 4.50. The normalized spacial score (nSPS) is 10.4. The molecule has 0 amide bonds. The van der Waals surface area contributed by atoms with E-state index in [1.165, 1.54) is 11.0 Å². The van der Waals surface area contributed by atoms with Gasteiger partial charge >= 0.3 is 0 Å². The lowest BCUT2D eigenvalue weighted by Gasteiger charge is -2.08. The number of halogens is 2. The summed E-state index contributed by atoms with van der Waals surface area (Å²) in [6, 6.07) is 12.7. The Bertz CT molecular complexity index is 545. The van der Waals surface area contributed by atoms with Crippen molar-refractivity contribution in [2.24, 2.45) is 0 Å². The van der Waals surface area contributed by atoms with E-state index >= 15 is 0 Å². The number of rotatable bonds is 4. The third-order valence-electron chi connectivity index (χ3n) is 2.57. The fourth-order valence-corrected chi connectivity index (χ4v) is 2.21. The van der Waals surface area contributed by atoms with E-state index in [0.717, 1.165) is 5.69 Å². The van der Waals surface area contributed by atoms with Gasteiger partial charge in [0.2, 0.25) is 0 Å². The molecule has 18 heavy (non-hydrogen) atoms. The molecule has 0 fully saturated rings. The van der Waals surface area contributed by atoms with Crippen LogP contribution in [-0.4, -0.2) is 6.26 Å². The molecule has 0 saturated heterocycles. The molecule has 2 rings (SSSR count). The summed E-state index contributed by atoms with van der Waals surface area (Å²) in [6.45, 7) is 0.445. The van der Waals surface area contributed by atoms with Gasteiger partial charge in [-0.2, -0.15) is 0 Å². The Morgan fingerprint density at radius 3 is 2.78 bits per heavy atom. The lowest BCUT2D eigenvalue weighted by Crippen LogP contribution is -2.01. The molecule has 1 N–H and O–H groups in total. The van der Waals surface area contributed by atoms with Gasteiger partial charge in [-0.15, -0.1) is 11.8 Å². The van der Waals surface area contributed by atoms with Crippen molar-refractivity contribution in [3.05, 3.63) is 58.9 Å². The average Bonchev–Trinajstić information content (AvgIpc) is 2.38. The molecule has 0 aliphatic heterocycles. The van der Waals surface area contributed by atoms with Gasteiger partial charge in [0.05, 0.1) is 0 Å². The van der Waals surface area contributed by atoms with Crippen molar-refractivity contribution in [1.82, 2.24) is 0 Å². The second kappa shape index (κ2) is 6.12. The molecular formula is C14H13ClFNS. The van der Waals surface area contributed by atoms with Crippen molar-refractivity contribution in [3.8, 4) is 0 Å². The molecule has 0 saturated carbocycles. The van der Waals surface area contributed by atoms with Gasteiger partial charge in [-0.25, -0.2) is 4.39 Å². The zero-order chi connectivity index (χ0) is 13.0. The van der Waals surface area contributed by atoms with Crippen molar-refractivity contribution in [3.63, 3.8) is 0 Å². The topological polar surface area (TPSA) is 12.0 Å². The van der Waals surface area contributed by atoms with Crippen LogP contribution in [0, 0.1) is 5.82 Å². The van der Waals surface area contributed by atoms with Crippen LogP contribution < -0.4 is 5.32 Å². The molecule has 4 heteroatoms. The van der Waals surface area contributed by atoms with Gasteiger partial charge in [0, 0.05) is 27.7 Å². The highest BCUT2D eigenvalue weighted by atomic mass is 35.5. The molecule has 0 radical (unpaired) electrons. The van der Waals surface area contributed by atoms with Crippen LogP contribution in [0.3, 0.4) is 0 Å². The Hall–Kier alpha value is -1.19. The van der Waals surface area contributed by atoms with Crippen LogP contribution in [0.1, 0.15) is 5.56 Å². The van der Waals surface area contributed by atoms with Gasteiger partial charge < -0.3 is 5.32 Å². The van der Waals surface area contributed by atoms with Crippen molar-refractivity contribution in [1.29, 1.82) is 0 Å². The van der Waals surface area contributed by atoms with Crippen LogP contribution in [0.2, 0.25) is 5.02 Å². The highest BCUT2D eigenvalue weighted by molar-refractivity contribution is 7.98. The maximum absolute atomic E-state index is 13.6. The quantitative estimate of drug-likeness (QED) is 0.807. The van der Waals surface area contributed by atoms with Crippen molar-refractivity contribution >= 4 is 29.1 Å². The van der Waals surface area contributed by atoms with E-state index in [4.69, 9.17) is 11.6 Å². The van der Waals surface area contributed by atoms with Crippen LogP contribution >= 0.6 is 23.4 Å². The van der Waals surface area contributed by atoms with E-state index in [0.29, 0.717) is 17.1 Å². The second-order valence-electron chi connectivity index (χ2n) is 3.82. The smallest absolute Gasteiger partial charge is 0.129 e. The molecule has 2 aromatic carbocycles. The van der Waals surface area contributed by atoms with E-state index in [9.17, 15) is 4.39 Å². The summed E-state index contributed by atoms with van der Waals surface area (Å²) in [7, 11) is 0. The maximum atomic E-state index is 13.6. The molecule has 0 unspecified atom stereocenters. The van der Waals surface area contributed by atoms with E-state index < -0.39 is 0 Å². The van der Waals surface area contributed by atoms with E-state index in [1.807, 2.05) is 30.5 Å². The minimum Gasteiger partial charge on any atom is -0.381 e. The third kappa shape index (κ3) is 3.40. The van der Waals surface area contributed by atoms with Crippen LogP contribution in [0.4, 0.5) is 10.1 Å². The molecule has 0 spiro atoms. The lowest BCUT2D eigenvalue weighted by molar-refractivity contribution is 0.613. The first-order valence-electron chi connectivity index (χ1n) is 5.51. The van der Waals surface area contributed by atoms with Gasteiger partial charge in [-0.1, -0.05) is 23.7 Å². The van der Waals surface area contributed by atoms with Gasteiger partial charge in [0.1, 0.15) is 5.82 Å². The van der Waals surface area contributed by atoms with E-state index in [-0.39, 0.29) is 5.82 Å². The van der Waals surface area contributed by atoms with Crippen LogP contribution in [-0.2, 0) is 6.54 Å². The largest absolute Gasteiger partial charge is 0.381 e. The fourth-order valence-electron chi connectivity index (χ4n) is 1.60. The standard InChI is InChI=1S/C14H13ClFNS/c1-18-13-4-2-3-12(8-13)17-9-10-5-6-11(15)7-14(10)16/h2-8,17H,9H2,1H3. The zero-order valence-corrected chi connectivity index (χ0v) is 11.5. The Labute approximate surface area is 115 Å². The summed E-state index contributed by atoms with van der Waals surface area (Å²) >= 11 is 7.39. The molecule has 0 heterocycles. The predicted octanol–water partition coefficient (Wildman–Crippen LogP) is 4.81. The Morgan fingerprint density at radius 2 is 2.06 bits per heavy atom. The van der Waals surface area contributed by atoms with E-state index in [2.05, 4.69) is 5.32 Å². The minimum atomic E-state index is -0.281. The Balaban J connectivity index is 2.06. The summed E-state index contributed by atoms with van der Waals surface area (Å²) in [5.74, 6) is -0.281. The summed E-state index contributed by atoms with van der Waals surface area (Å²) in [5.41, 5.74) is 1.59. The number of thioether (sulfide) groups is 1. The number of anilines is 1. The molecule has 0 aliphatic rings. The predicted molar refractivity (Wildman–Crippen MR) is 77.0 cm³/mol. The molecule has 0 bridgehead atoms. The maximum Gasteiger partial charge on any atom is 0.129 e. The number of nitrogens with one attached hydrogen (secondary N) is 1. The summed E-state index contributed by atoms with van der Waals surface area (Å²) in [5, 5.41) is 3.62. The fraction of sp³-hybridized carbons (Fsp3) is 0.143. The Morgan fingerprint density at radius 1 is 1.22 bits per heavy atom. The molecule has 0 aromatic heterocycles. The SMILES string of the molecule is CSc1cccc(NCc2ccc(Cl)cc2F)c1. The first kappa shape index (κ1) is 13.2. The first-order chi connectivity index (χ1) is 8.69. The van der Waals surface area contributed by atoms with Gasteiger partial charge in [0.15, 0.2) is 0 Å². The summed E-state index contributed by atoms with van der Waals surface area (Å²) in [6.07, 6.45) is 2.03. The molecule has 2 aromatic rings. The molecule has 0 atom stereocenters. The summed E-state index contributed by atoms with van der Waals surface area (Å²) < 4.78 is 13.6. The average molecular weight is 282 g/mol. The highest BCUT2D eigenvalue weighted by Gasteiger charge is 2.03. The van der Waals surface area contributed by atoms with Crippen LogP contribution in [0.15, 0.2) is 47.4 Å². The van der Waals surface area contributed by atoms with Crippen molar-refractivity contribution in [2.75, 3.05) is 11.6 Å². The third-order valence-corrected chi connectivity index (χ3v) is 3.53. The first-order valence-corrected chi connectivity index (χ1v) is 7.11. The summed E-state index contributed by atoms with van der Waals surface area (Å²) in [4.78, 5) is 1.18. The van der Waals surface area contributed by atoms with Crippen LogP contribution in [0.25, 0.3) is 0 Å². The minimum absolute atomic E-state index is 0.281. The molecule has 1 nitrogen and oxygen atoms in total. The molecule has 0 aliphatic carbocycles. The van der Waals surface area contributed by atoms with Gasteiger partial charge in [-0.3, -0.25) is 0 Å². The van der Waals surface area contributed by atoms with Crippen LogP contribution in [0.5, 0.6) is 0 Å². The van der Waals surface area contributed by atoms with E-state index in [1.54, 1.807) is 23.9 Å².